The monoisotopic (exact) mass is 315 g/mol. The van der Waals surface area contributed by atoms with E-state index in [9.17, 15) is 4.79 Å². The maximum absolute atomic E-state index is 12.1. The summed E-state index contributed by atoms with van der Waals surface area (Å²) in [7, 11) is 0. The first-order valence-corrected chi connectivity index (χ1v) is 9.54. The van der Waals surface area contributed by atoms with E-state index in [-0.39, 0.29) is 17.5 Å². The Morgan fingerprint density at radius 2 is 1.90 bits per heavy atom. The van der Waals surface area contributed by atoms with E-state index in [4.69, 9.17) is 4.74 Å². The number of hydrogen-bond donors (Lipinski definition) is 1. The maximum atomic E-state index is 12.1. The van der Waals surface area contributed by atoms with Crippen LogP contribution in [0.4, 0.5) is 0 Å². The fourth-order valence-corrected chi connectivity index (χ4v) is 3.58. The second-order valence-electron chi connectivity index (χ2n) is 7.14. The van der Waals surface area contributed by atoms with Crippen LogP contribution in [-0.4, -0.2) is 35.2 Å². The lowest BCUT2D eigenvalue weighted by atomic mass is 9.85. The fraction of sp³-hybridized carbons (Fsp3) is 0.941. The van der Waals surface area contributed by atoms with Crippen LogP contribution in [0.3, 0.4) is 0 Å². The van der Waals surface area contributed by atoms with Gasteiger partial charge >= 0.3 is 5.97 Å². The number of hydrogen-bond acceptors (Lipinski definition) is 4. The van der Waals surface area contributed by atoms with Crippen LogP contribution in [0.25, 0.3) is 0 Å². The Hall–Kier alpha value is -0.220. The van der Waals surface area contributed by atoms with Crippen LogP contribution in [0.5, 0.6) is 0 Å². The van der Waals surface area contributed by atoms with Crippen molar-refractivity contribution in [3.63, 3.8) is 0 Å². The Morgan fingerprint density at radius 1 is 1.29 bits per heavy atom. The molecule has 0 aromatic rings. The van der Waals surface area contributed by atoms with Crippen LogP contribution in [0, 0.1) is 5.92 Å². The molecular formula is C17H33NO2S. The van der Waals surface area contributed by atoms with Crippen LogP contribution in [-0.2, 0) is 9.53 Å². The molecule has 1 N–H and O–H groups in total. The van der Waals surface area contributed by atoms with Gasteiger partial charge in [-0.15, -0.1) is 0 Å². The lowest BCUT2D eigenvalue weighted by molar-refractivity contribution is -0.161. The molecule has 1 saturated carbocycles. The summed E-state index contributed by atoms with van der Waals surface area (Å²) in [6.07, 6.45) is 5.33. The summed E-state index contributed by atoms with van der Waals surface area (Å²) in [6.45, 7) is 10.3. The largest absolute Gasteiger partial charge is 0.460 e. The summed E-state index contributed by atoms with van der Waals surface area (Å²) in [6, 6.07) is 1.15. The average Bonchev–Trinajstić information content (AvgIpc) is 2.38. The lowest BCUT2D eigenvalue weighted by Gasteiger charge is -2.31. The third-order valence-corrected chi connectivity index (χ3v) is 4.82. The number of nitrogens with one attached hydrogen (secondary N) is 1. The molecule has 0 heterocycles. The zero-order valence-corrected chi connectivity index (χ0v) is 15.2. The Labute approximate surface area is 135 Å². The molecule has 0 saturated heterocycles. The van der Waals surface area contributed by atoms with E-state index < -0.39 is 0 Å². The second-order valence-corrected chi connectivity index (χ2v) is 8.53. The summed E-state index contributed by atoms with van der Waals surface area (Å²) < 4.78 is 5.50. The molecule has 1 fully saturated rings. The van der Waals surface area contributed by atoms with Gasteiger partial charge in [-0.05, 0) is 71.3 Å². The molecular weight excluding hydrogens is 282 g/mol. The van der Waals surface area contributed by atoms with Crippen LogP contribution in [0.15, 0.2) is 0 Å². The van der Waals surface area contributed by atoms with Crippen molar-refractivity contribution in [1.82, 2.24) is 5.32 Å². The van der Waals surface area contributed by atoms with Gasteiger partial charge in [-0.3, -0.25) is 4.79 Å². The molecule has 0 amide bonds. The Morgan fingerprint density at radius 3 is 2.43 bits per heavy atom. The van der Waals surface area contributed by atoms with Crippen molar-refractivity contribution in [3.8, 4) is 0 Å². The topological polar surface area (TPSA) is 38.3 Å². The third-order valence-electron chi connectivity index (χ3n) is 3.89. The van der Waals surface area contributed by atoms with Gasteiger partial charge in [0.15, 0.2) is 0 Å². The van der Waals surface area contributed by atoms with Gasteiger partial charge in [-0.1, -0.05) is 6.92 Å². The Bertz CT molecular complexity index is 306. The van der Waals surface area contributed by atoms with Gasteiger partial charge in [-0.25, -0.2) is 0 Å². The van der Waals surface area contributed by atoms with E-state index in [2.05, 4.69) is 19.2 Å². The number of esters is 1. The quantitative estimate of drug-likeness (QED) is 0.569. The van der Waals surface area contributed by atoms with Crippen molar-refractivity contribution < 1.29 is 9.53 Å². The molecule has 1 unspecified atom stereocenters. The molecule has 1 atom stereocenters. The van der Waals surface area contributed by atoms with E-state index in [0.717, 1.165) is 25.7 Å². The number of ether oxygens (including phenoxy) is 1. The van der Waals surface area contributed by atoms with E-state index in [1.165, 1.54) is 17.9 Å². The predicted molar refractivity (Wildman–Crippen MR) is 91.8 cm³/mol. The molecule has 0 aromatic carbocycles. The molecule has 4 heteroatoms. The van der Waals surface area contributed by atoms with Crippen molar-refractivity contribution in [2.75, 3.05) is 11.5 Å². The molecule has 0 bridgehead atoms. The highest BCUT2D eigenvalue weighted by Gasteiger charge is 2.30. The van der Waals surface area contributed by atoms with Gasteiger partial charge < -0.3 is 10.1 Å². The summed E-state index contributed by atoms with van der Waals surface area (Å²) >= 11 is 2.01. The van der Waals surface area contributed by atoms with E-state index in [1.807, 2.05) is 32.5 Å². The summed E-state index contributed by atoms with van der Waals surface area (Å²) in [5.74, 6) is 2.53. The second kappa shape index (κ2) is 9.04. The van der Waals surface area contributed by atoms with Crippen LogP contribution >= 0.6 is 11.8 Å². The highest BCUT2D eigenvalue weighted by Crippen LogP contribution is 2.27. The molecule has 3 nitrogen and oxygen atoms in total. The maximum Gasteiger partial charge on any atom is 0.309 e. The van der Waals surface area contributed by atoms with Crippen molar-refractivity contribution in [2.45, 2.75) is 84.4 Å². The van der Waals surface area contributed by atoms with E-state index >= 15 is 0 Å². The van der Waals surface area contributed by atoms with Crippen LogP contribution in [0.2, 0.25) is 0 Å². The minimum absolute atomic E-state index is 0.00616. The molecule has 1 aliphatic rings. The SMILES string of the molecule is CCSCCC(C)NC1CCC(C(=O)OC(C)(C)C)CC1. The van der Waals surface area contributed by atoms with Gasteiger partial charge in [0.05, 0.1) is 5.92 Å². The number of rotatable bonds is 7. The number of carbonyl (C=O) groups excluding carboxylic acids is 1. The summed E-state index contributed by atoms with van der Waals surface area (Å²) in [4.78, 5) is 12.1. The molecule has 1 rings (SSSR count). The minimum atomic E-state index is -0.363. The molecule has 1 aliphatic carbocycles. The van der Waals surface area contributed by atoms with Crippen molar-refractivity contribution >= 4 is 17.7 Å². The smallest absolute Gasteiger partial charge is 0.309 e. The average molecular weight is 316 g/mol. The van der Waals surface area contributed by atoms with Crippen molar-refractivity contribution in [2.24, 2.45) is 5.92 Å². The molecule has 124 valence electrons. The zero-order chi connectivity index (χ0) is 15.9. The molecule has 0 spiro atoms. The van der Waals surface area contributed by atoms with Gasteiger partial charge in [-0.2, -0.15) is 11.8 Å². The third kappa shape index (κ3) is 8.10. The summed E-state index contributed by atoms with van der Waals surface area (Å²) in [5, 5.41) is 3.72. The van der Waals surface area contributed by atoms with Crippen molar-refractivity contribution in [1.29, 1.82) is 0 Å². The highest BCUT2D eigenvalue weighted by molar-refractivity contribution is 7.99. The lowest BCUT2D eigenvalue weighted by Crippen LogP contribution is -2.41. The number of carbonyl (C=O) groups is 1. The molecule has 21 heavy (non-hydrogen) atoms. The minimum Gasteiger partial charge on any atom is -0.460 e. The number of thioether (sulfide) groups is 1. The van der Waals surface area contributed by atoms with E-state index in [0.29, 0.717) is 12.1 Å². The molecule has 0 radical (unpaired) electrons. The normalized spacial score (nSPS) is 24.6. The van der Waals surface area contributed by atoms with Gasteiger partial charge in [0, 0.05) is 12.1 Å². The van der Waals surface area contributed by atoms with Crippen LogP contribution < -0.4 is 5.32 Å². The predicted octanol–water partition coefficient (Wildman–Crippen LogP) is 4.01. The molecule has 0 aliphatic heterocycles. The zero-order valence-electron chi connectivity index (χ0n) is 14.4. The Balaban J connectivity index is 2.24. The Kier molecular flexibility index (Phi) is 8.10. The van der Waals surface area contributed by atoms with Crippen molar-refractivity contribution in [3.05, 3.63) is 0 Å². The van der Waals surface area contributed by atoms with E-state index in [1.54, 1.807) is 0 Å². The fourth-order valence-electron chi connectivity index (χ4n) is 2.77. The summed E-state index contributed by atoms with van der Waals surface area (Å²) in [5.41, 5.74) is -0.363. The van der Waals surface area contributed by atoms with Gasteiger partial charge in [0.2, 0.25) is 0 Å². The molecule has 0 aromatic heterocycles. The van der Waals surface area contributed by atoms with Gasteiger partial charge in [0.1, 0.15) is 5.60 Å². The first kappa shape index (κ1) is 18.8. The standard InChI is InChI=1S/C17H33NO2S/c1-6-21-12-11-13(2)18-15-9-7-14(8-10-15)16(19)20-17(3,4)5/h13-15,18H,6-12H2,1-5H3. The first-order chi connectivity index (χ1) is 9.81. The first-order valence-electron chi connectivity index (χ1n) is 8.38. The highest BCUT2D eigenvalue weighted by atomic mass is 32.2. The van der Waals surface area contributed by atoms with Crippen LogP contribution in [0.1, 0.15) is 66.7 Å². The van der Waals surface area contributed by atoms with Gasteiger partial charge in [0.25, 0.3) is 0 Å².